The molecule has 0 fully saturated rings. The number of nitrogens with zero attached hydrogens (tertiary/aromatic N) is 5. The second kappa shape index (κ2) is 9.69. The molecule has 0 N–H and O–H groups in total. The maximum absolute atomic E-state index is 13.0. The Morgan fingerprint density at radius 3 is 2.69 bits per heavy atom. The van der Waals surface area contributed by atoms with Crippen LogP contribution in [0.1, 0.15) is 38.4 Å². The third kappa shape index (κ3) is 4.84. The smallest absolute Gasteiger partial charge is 0.342 e. The van der Waals surface area contributed by atoms with Crippen molar-refractivity contribution in [3.8, 4) is 0 Å². The minimum Gasteiger partial charge on any atom is -0.358 e. The molecular formula is C20H25N5O3S. The topological polar surface area (TPSA) is 95.8 Å². The van der Waals surface area contributed by atoms with Crippen LogP contribution in [0.15, 0.2) is 40.4 Å². The Morgan fingerprint density at radius 2 is 1.93 bits per heavy atom. The van der Waals surface area contributed by atoms with Crippen LogP contribution < -0.4 is 5.56 Å². The fourth-order valence-corrected chi connectivity index (χ4v) is 4.21. The molecule has 0 unspecified atom stereocenters. The predicted octanol–water partition coefficient (Wildman–Crippen LogP) is 4.18. The quantitative estimate of drug-likeness (QED) is 0.162. The number of rotatable bonds is 10. The molecule has 0 bridgehead atoms. The lowest BCUT2D eigenvalue weighted by Gasteiger charge is -2.13. The molecule has 0 atom stereocenters. The van der Waals surface area contributed by atoms with Crippen molar-refractivity contribution < 1.29 is 4.92 Å². The maximum Gasteiger partial charge on any atom is 0.342 e. The standard InChI is InChI=1S/C20H25N5O3S/c1-3-4-5-8-11-24-19(26)16-9-6-7-10-17(16)22-20(24)29-13-12-23-15(2)21-14-18(23)25(27)28/h6-7,9-10,14H,3-5,8,11-13H2,1-2H3. The lowest BCUT2D eigenvalue weighted by atomic mass is 10.2. The van der Waals surface area contributed by atoms with E-state index in [9.17, 15) is 14.9 Å². The van der Waals surface area contributed by atoms with Gasteiger partial charge in [-0.2, -0.15) is 0 Å². The highest BCUT2D eigenvalue weighted by atomic mass is 32.2. The van der Waals surface area contributed by atoms with Gasteiger partial charge in [-0.05, 0) is 23.5 Å². The third-order valence-electron chi connectivity index (χ3n) is 4.83. The van der Waals surface area contributed by atoms with Crippen molar-refractivity contribution in [1.82, 2.24) is 19.1 Å². The Hall–Kier alpha value is -2.68. The van der Waals surface area contributed by atoms with Crippen LogP contribution in [-0.4, -0.2) is 29.8 Å². The van der Waals surface area contributed by atoms with Crippen LogP contribution in [0.2, 0.25) is 0 Å². The summed E-state index contributed by atoms with van der Waals surface area (Å²) < 4.78 is 3.33. The lowest BCUT2D eigenvalue weighted by Crippen LogP contribution is -2.23. The number of aryl methyl sites for hydroxylation is 1. The fraction of sp³-hybridized carbons (Fsp3) is 0.450. The Kier molecular flexibility index (Phi) is 7.03. The SMILES string of the molecule is CCCCCCn1c(SCCn2c([N+](=O)[O-])cnc2C)nc2ccccc2c1=O. The van der Waals surface area contributed by atoms with E-state index in [0.29, 0.717) is 40.7 Å². The molecule has 154 valence electrons. The average Bonchev–Trinajstić information content (AvgIpc) is 3.08. The Labute approximate surface area is 173 Å². The van der Waals surface area contributed by atoms with Gasteiger partial charge in [-0.15, -0.1) is 0 Å². The van der Waals surface area contributed by atoms with Crippen LogP contribution in [0.4, 0.5) is 5.82 Å². The van der Waals surface area contributed by atoms with Crippen molar-refractivity contribution in [1.29, 1.82) is 0 Å². The van der Waals surface area contributed by atoms with Crippen LogP contribution in [-0.2, 0) is 13.1 Å². The molecule has 0 saturated carbocycles. The summed E-state index contributed by atoms with van der Waals surface area (Å²) >= 11 is 1.45. The molecule has 2 aromatic heterocycles. The summed E-state index contributed by atoms with van der Waals surface area (Å²) in [5.74, 6) is 1.13. The van der Waals surface area contributed by atoms with Gasteiger partial charge in [0.05, 0.1) is 10.9 Å². The first-order valence-corrected chi connectivity index (χ1v) is 10.8. The molecule has 9 heteroatoms. The zero-order valence-electron chi connectivity index (χ0n) is 16.7. The summed E-state index contributed by atoms with van der Waals surface area (Å²) in [6, 6.07) is 7.36. The first-order chi connectivity index (χ1) is 14.0. The van der Waals surface area contributed by atoms with Gasteiger partial charge in [-0.1, -0.05) is 50.1 Å². The summed E-state index contributed by atoms with van der Waals surface area (Å²) in [7, 11) is 0. The van der Waals surface area contributed by atoms with E-state index in [0.717, 1.165) is 25.7 Å². The molecule has 0 radical (unpaired) electrons. The lowest BCUT2D eigenvalue weighted by molar-refractivity contribution is -0.392. The molecule has 29 heavy (non-hydrogen) atoms. The van der Waals surface area contributed by atoms with Gasteiger partial charge in [0.15, 0.2) is 11.0 Å². The molecule has 0 saturated heterocycles. The minimum atomic E-state index is -0.428. The Bertz CT molecular complexity index is 1060. The summed E-state index contributed by atoms with van der Waals surface area (Å²) in [5.41, 5.74) is 0.647. The zero-order valence-corrected chi connectivity index (χ0v) is 17.5. The number of aromatic nitrogens is 4. The van der Waals surface area contributed by atoms with E-state index in [-0.39, 0.29) is 11.4 Å². The summed E-state index contributed by atoms with van der Waals surface area (Å²) in [4.78, 5) is 32.5. The number of imidazole rings is 1. The number of fused-ring (bicyclic) bond motifs is 1. The monoisotopic (exact) mass is 415 g/mol. The zero-order chi connectivity index (χ0) is 20.8. The van der Waals surface area contributed by atoms with Crippen molar-refractivity contribution in [2.75, 3.05) is 5.75 Å². The molecule has 0 aliphatic carbocycles. The molecular weight excluding hydrogens is 390 g/mol. The highest BCUT2D eigenvalue weighted by molar-refractivity contribution is 7.99. The van der Waals surface area contributed by atoms with Crippen LogP contribution in [0.5, 0.6) is 0 Å². The van der Waals surface area contributed by atoms with E-state index < -0.39 is 4.92 Å². The van der Waals surface area contributed by atoms with E-state index >= 15 is 0 Å². The number of hydrogen-bond acceptors (Lipinski definition) is 6. The van der Waals surface area contributed by atoms with Crippen molar-refractivity contribution >= 4 is 28.5 Å². The number of unbranched alkanes of at least 4 members (excludes halogenated alkanes) is 3. The van der Waals surface area contributed by atoms with Gasteiger partial charge in [0, 0.05) is 19.2 Å². The molecule has 2 heterocycles. The first-order valence-electron chi connectivity index (χ1n) is 9.81. The third-order valence-corrected chi connectivity index (χ3v) is 5.79. The fourth-order valence-electron chi connectivity index (χ4n) is 3.26. The van der Waals surface area contributed by atoms with Crippen molar-refractivity contribution in [3.05, 3.63) is 56.8 Å². The number of para-hydroxylation sites is 1. The van der Waals surface area contributed by atoms with Gasteiger partial charge in [0.1, 0.15) is 12.7 Å². The minimum absolute atomic E-state index is 0.0217. The van der Waals surface area contributed by atoms with Gasteiger partial charge < -0.3 is 10.1 Å². The van der Waals surface area contributed by atoms with E-state index in [4.69, 9.17) is 4.98 Å². The largest absolute Gasteiger partial charge is 0.358 e. The van der Waals surface area contributed by atoms with Crippen molar-refractivity contribution in [2.45, 2.75) is 57.8 Å². The Balaban J connectivity index is 1.82. The van der Waals surface area contributed by atoms with Gasteiger partial charge >= 0.3 is 5.82 Å². The summed E-state index contributed by atoms with van der Waals surface area (Å²) in [6.45, 7) is 4.95. The highest BCUT2D eigenvalue weighted by Gasteiger charge is 2.18. The summed E-state index contributed by atoms with van der Waals surface area (Å²) in [6.07, 6.45) is 5.54. The number of benzene rings is 1. The van der Waals surface area contributed by atoms with E-state index in [1.165, 1.54) is 18.0 Å². The molecule has 3 rings (SSSR count). The average molecular weight is 416 g/mol. The van der Waals surface area contributed by atoms with Crippen LogP contribution in [0, 0.1) is 17.0 Å². The highest BCUT2D eigenvalue weighted by Crippen LogP contribution is 2.21. The molecule has 0 amide bonds. The number of nitro groups is 1. The second-order valence-electron chi connectivity index (χ2n) is 6.85. The molecule has 0 aliphatic rings. The second-order valence-corrected chi connectivity index (χ2v) is 7.91. The van der Waals surface area contributed by atoms with Gasteiger partial charge in [-0.25, -0.2) is 14.5 Å². The van der Waals surface area contributed by atoms with E-state index in [2.05, 4.69) is 11.9 Å². The molecule has 0 spiro atoms. The van der Waals surface area contributed by atoms with Crippen LogP contribution >= 0.6 is 11.8 Å². The Morgan fingerprint density at radius 1 is 1.14 bits per heavy atom. The van der Waals surface area contributed by atoms with Crippen molar-refractivity contribution in [3.63, 3.8) is 0 Å². The molecule has 1 aromatic carbocycles. The number of thioether (sulfide) groups is 1. The molecule has 8 nitrogen and oxygen atoms in total. The maximum atomic E-state index is 13.0. The first kappa shape index (κ1) is 21.0. The van der Waals surface area contributed by atoms with E-state index in [1.807, 2.05) is 18.2 Å². The van der Waals surface area contributed by atoms with E-state index in [1.54, 1.807) is 22.1 Å². The van der Waals surface area contributed by atoms with Gasteiger partial charge in [0.2, 0.25) is 0 Å². The predicted molar refractivity (Wildman–Crippen MR) is 114 cm³/mol. The molecule has 3 aromatic rings. The normalized spacial score (nSPS) is 11.2. The molecule has 0 aliphatic heterocycles. The van der Waals surface area contributed by atoms with Gasteiger partial charge in [0.25, 0.3) is 5.56 Å². The summed E-state index contributed by atoms with van der Waals surface area (Å²) in [5, 5.41) is 12.4. The number of hydrogen-bond donors (Lipinski definition) is 0. The van der Waals surface area contributed by atoms with Gasteiger partial charge in [-0.3, -0.25) is 9.36 Å². The van der Waals surface area contributed by atoms with Crippen LogP contribution in [0.25, 0.3) is 10.9 Å². The van der Waals surface area contributed by atoms with Crippen LogP contribution in [0.3, 0.4) is 0 Å². The van der Waals surface area contributed by atoms with Crippen molar-refractivity contribution in [2.24, 2.45) is 0 Å².